The first-order chi connectivity index (χ1) is 5.37. The molecule has 7 heteroatoms. The smallest absolute Gasteiger partial charge is 0.273 e. The molecule has 0 aromatic carbocycles. The summed E-state index contributed by atoms with van der Waals surface area (Å²) in [5.41, 5.74) is 0. The van der Waals surface area contributed by atoms with Crippen LogP contribution in [0.15, 0.2) is 0 Å². The second-order valence-electron chi connectivity index (χ2n) is 2.41. The molecule has 0 bridgehead atoms. The minimum absolute atomic E-state index is 0.383. The lowest BCUT2D eigenvalue weighted by atomic mass is 10.4. The first-order valence-corrected chi connectivity index (χ1v) is 4.55. The second kappa shape index (κ2) is 2.44. The topological polar surface area (TPSA) is 74.8 Å². The van der Waals surface area contributed by atoms with Crippen molar-refractivity contribution in [1.29, 1.82) is 0 Å². The fraction of sp³-hybridized carbons (Fsp3) is 0.600. The summed E-state index contributed by atoms with van der Waals surface area (Å²) in [6.45, 7) is 0. The minimum Gasteiger partial charge on any atom is -0.273 e. The van der Waals surface area contributed by atoms with Gasteiger partial charge in [-0.15, -0.1) is 0 Å². The molecule has 0 unspecified atom stereocenters. The molecule has 1 saturated heterocycles. The van der Waals surface area contributed by atoms with Gasteiger partial charge in [0.15, 0.2) is 0 Å². The van der Waals surface area contributed by atoms with E-state index >= 15 is 0 Å². The van der Waals surface area contributed by atoms with Gasteiger partial charge in [-0.05, 0) is 0 Å². The van der Waals surface area contributed by atoms with Crippen LogP contribution < -0.4 is 0 Å². The van der Waals surface area contributed by atoms with Crippen LogP contribution in [0.25, 0.3) is 0 Å². The van der Waals surface area contributed by atoms with Crippen LogP contribution in [0.5, 0.6) is 0 Å². The molecule has 0 spiro atoms. The monoisotopic (exact) mass is 192 g/mol. The van der Waals surface area contributed by atoms with Gasteiger partial charge in [0.05, 0.1) is 0 Å². The standard InChI is InChI=1S/C5H8N2O4S/c1-6-4(8)3-5(9)7(2)12(6,10)11/h3H2,1-2H3. The van der Waals surface area contributed by atoms with Crippen LogP contribution in [0, 0.1) is 0 Å². The zero-order valence-electron chi connectivity index (χ0n) is 6.64. The Morgan fingerprint density at radius 2 is 1.42 bits per heavy atom. The predicted octanol–water partition coefficient (Wildman–Crippen LogP) is -1.45. The summed E-state index contributed by atoms with van der Waals surface area (Å²) in [6, 6.07) is 0. The summed E-state index contributed by atoms with van der Waals surface area (Å²) < 4.78 is 23.4. The van der Waals surface area contributed by atoms with Crippen molar-refractivity contribution < 1.29 is 18.0 Å². The average Bonchev–Trinajstić information content (AvgIpc) is 1.99. The molecule has 2 amide bonds. The highest BCUT2D eigenvalue weighted by molar-refractivity contribution is 7.88. The van der Waals surface area contributed by atoms with Gasteiger partial charge in [0.25, 0.3) is 0 Å². The van der Waals surface area contributed by atoms with E-state index < -0.39 is 22.0 Å². The lowest BCUT2D eigenvalue weighted by Gasteiger charge is -2.28. The molecule has 0 aromatic heterocycles. The molecule has 0 atom stereocenters. The van der Waals surface area contributed by atoms with Gasteiger partial charge in [-0.2, -0.15) is 8.42 Å². The molecule has 1 aliphatic heterocycles. The normalized spacial score (nSPS) is 23.2. The fourth-order valence-corrected chi connectivity index (χ4v) is 1.80. The Bertz CT molecular complexity index is 307. The van der Waals surface area contributed by atoms with Crippen molar-refractivity contribution in [2.75, 3.05) is 14.1 Å². The highest BCUT2D eigenvalue weighted by Gasteiger charge is 2.38. The van der Waals surface area contributed by atoms with Crippen LogP contribution in [0.4, 0.5) is 0 Å². The van der Waals surface area contributed by atoms with Crippen LogP contribution in [-0.4, -0.2) is 42.9 Å². The SMILES string of the molecule is CN1C(=O)CC(=O)N(C)S1(=O)=O. The molecular weight excluding hydrogens is 184 g/mol. The van der Waals surface area contributed by atoms with Crippen molar-refractivity contribution in [3.63, 3.8) is 0 Å². The summed E-state index contributed by atoms with van der Waals surface area (Å²) in [4.78, 5) is 21.7. The van der Waals surface area contributed by atoms with Crippen molar-refractivity contribution in [2.45, 2.75) is 6.42 Å². The molecule has 1 fully saturated rings. The van der Waals surface area contributed by atoms with Gasteiger partial charge in [0.1, 0.15) is 6.42 Å². The Balaban J connectivity index is 3.15. The predicted molar refractivity (Wildman–Crippen MR) is 39.1 cm³/mol. The van der Waals surface area contributed by atoms with Crippen LogP contribution in [0.3, 0.4) is 0 Å². The van der Waals surface area contributed by atoms with Gasteiger partial charge in [-0.1, -0.05) is 0 Å². The van der Waals surface area contributed by atoms with Crippen molar-refractivity contribution >= 4 is 22.0 Å². The highest BCUT2D eigenvalue weighted by Crippen LogP contribution is 2.13. The van der Waals surface area contributed by atoms with Crippen LogP contribution in [0.2, 0.25) is 0 Å². The van der Waals surface area contributed by atoms with Crippen LogP contribution in [0.1, 0.15) is 6.42 Å². The van der Waals surface area contributed by atoms with Gasteiger partial charge < -0.3 is 0 Å². The molecule has 0 radical (unpaired) electrons. The van der Waals surface area contributed by atoms with E-state index in [9.17, 15) is 18.0 Å². The van der Waals surface area contributed by atoms with Gasteiger partial charge in [-0.25, -0.2) is 8.61 Å². The summed E-state index contributed by atoms with van der Waals surface area (Å²) in [5, 5.41) is 0. The number of carbonyl (C=O) groups excluding carboxylic acids is 2. The van der Waals surface area contributed by atoms with Crippen molar-refractivity contribution in [2.24, 2.45) is 0 Å². The average molecular weight is 192 g/mol. The van der Waals surface area contributed by atoms with Gasteiger partial charge >= 0.3 is 10.2 Å². The first-order valence-electron chi connectivity index (χ1n) is 3.16. The summed E-state index contributed by atoms with van der Waals surface area (Å²) in [7, 11) is -1.62. The molecule has 1 rings (SSSR count). The zero-order chi connectivity index (χ0) is 9.52. The maximum atomic E-state index is 11.1. The lowest BCUT2D eigenvalue weighted by Crippen LogP contribution is -2.51. The van der Waals surface area contributed by atoms with E-state index in [0.717, 1.165) is 14.1 Å². The lowest BCUT2D eigenvalue weighted by molar-refractivity contribution is -0.136. The number of rotatable bonds is 0. The number of hydrogen-bond acceptors (Lipinski definition) is 4. The number of amides is 2. The second-order valence-corrected chi connectivity index (χ2v) is 4.40. The Labute approximate surface area is 69.9 Å². The largest absolute Gasteiger partial charge is 0.330 e. The van der Waals surface area contributed by atoms with Crippen molar-refractivity contribution in [3.8, 4) is 0 Å². The van der Waals surface area contributed by atoms with Gasteiger partial charge in [0, 0.05) is 14.1 Å². The number of carbonyl (C=O) groups is 2. The fourth-order valence-electron chi connectivity index (χ4n) is 0.793. The van der Waals surface area contributed by atoms with E-state index in [-0.39, 0.29) is 6.42 Å². The molecular formula is C5H8N2O4S. The molecule has 6 nitrogen and oxygen atoms in total. The molecule has 0 N–H and O–H groups in total. The van der Waals surface area contributed by atoms with E-state index in [0.29, 0.717) is 8.61 Å². The van der Waals surface area contributed by atoms with E-state index in [2.05, 4.69) is 0 Å². The highest BCUT2D eigenvalue weighted by atomic mass is 32.2. The quantitative estimate of drug-likeness (QED) is 0.440. The van der Waals surface area contributed by atoms with Crippen molar-refractivity contribution in [1.82, 2.24) is 8.61 Å². The Morgan fingerprint density at radius 1 is 1.08 bits per heavy atom. The Hall–Kier alpha value is -1.11. The third-order valence-corrected chi connectivity index (χ3v) is 3.49. The first kappa shape index (κ1) is 8.98. The zero-order valence-corrected chi connectivity index (χ0v) is 7.46. The summed E-state index contributed by atoms with van der Waals surface area (Å²) >= 11 is 0. The van der Waals surface area contributed by atoms with Crippen molar-refractivity contribution in [3.05, 3.63) is 0 Å². The molecule has 68 valence electrons. The van der Waals surface area contributed by atoms with Gasteiger partial charge in [0.2, 0.25) is 11.8 Å². The Morgan fingerprint density at radius 3 is 1.75 bits per heavy atom. The summed E-state index contributed by atoms with van der Waals surface area (Å²) in [6.07, 6.45) is -0.383. The van der Waals surface area contributed by atoms with E-state index in [4.69, 9.17) is 0 Å². The molecule has 1 aliphatic rings. The maximum Gasteiger partial charge on any atom is 0.330 e. The minimum atomic E-state index is -3.87. The number of hydrogen-bond donors (Lipinski definition) is 0. The van der Waals surface area contributed by atoms with Gasteiger partial charge in [-0.3, -0.25) is 9.59 Å². The molecule has 0 saturated carbocycles. The molecule has 12 heavy (non-hydrogen) atoms. The third kappa shape index (κ3) is 1.06. The van der Waals surface area contributed by atoms with E-state index in [1.165, 1.54) is 0 Å². The number of nitrogens with zero attached hydrogens (tertiary/aromatic N) is 2. The maximum absolute atomic E-state index is 11.1. The Kier molecular flexibility index (Phi) is 1.83. The van der Waals surface area contributed by atoms with Crippen LogP contribution in [-0.2, 0) is 19.8 Å². The summed E-state index contributed by atoms with van der Waals surface area (Å²) in [5.74, 6) is -1.39. The molecule has 0 aromatic rings. The van der Waals surface area contributed by atoms with E-state index in [1.54, 1.807) is 0 Å². The van der Waals surface area contributed by atoms with Crippen LogP contribution >= 0.6 is 0 Å². The third-order valence-electron chi connectivity index (χ3n) is 1.70. The van der Waals surface area contributed by atoms with E-state index in [1.807, 2.05) is 0 Å². The molecule has 0 aliphatic carbocycles. The molecule has 1 heterocycles.